The molecule has 0 radical (unpaired) electrons. The Morgan fingerprint density at radius 1 is 1.44 bits per heavy atom. The molecule has 0 saturated heterocycles. The van der Waals surface area contributed by atoms with Crippen LogP contribution in [0.4, 0.5) is 0 Å². The predicted molar refractivity (Wildman–Crippen MR) is 22.1 cm³/mol. The fourth-order valence-electron chi connectivity index (χ4n) is 0.151. The van der Waals surface area contributed by atoms with Gasteiger partial charge in [0.2, 0.25) is 0 Å². The fraction of sp³-hybridized carbons (Fsp3) is 0. The summed E-state index contributed by atoms with van der Waals surface area (Å²) in [5, 5.41) is 7.87. The van der Waals surface area contributed by atoms with Crippen LogP contribution in [0, 0.1) is 0 Å². The first kappa shape index (κ1) is 8.57. The van der Waals surface area contributed by atoms with Gasteiger partial charge >= 0.3 is 57.2 Å². The summed E-state index contributed by atoms with van der Waals surface area (Å²) < 4.78 is 13.7. The van der Waals surface area contributed by atoms with Gasteiger partial charge in [0.15, 0.2) is 0 Å². The minimum absolute atomic E-state index is 1.38. The average Bonchev–Trinajstić information content (AvgIpc) is 1.63. The summed E-state index contributed by atoms with van der Waals surface area (Å²) in [6, 6.07) is 0. The van der Waals surface area contributed by atoms with Crippen LogP contribution >= 0.6 is 0 Å². The van der Waals surface area contributed by atoms with Crippen LogP contribution in [0.3, 0.4) is 0 Å². The van der Waals surface area contributed by atoms with Gasteiger partial charge < -0.3 is 0 Å². The third-order valence-electron chi connectivity index (χ3n) is 0.385. The predicted octanol–water partition coefficient (Wildman–Crippen LogP) is -2.11. The molecule has 0 aliphatic heterocycles. The number of hydrogen-bond donors (Lipinski definition) is 3. The van der Waals surface area contributed by atoms with Gasteiger partial charge in [0.1, 0.15) is 0 Å². The summed E-state index contributed by atoms with van der Waals surface area (Å²) in [6.07, 6.45) is 0. The summed E-state index contributed by atoms with van der Waals surface area (Å²) in [7, 11) is 0. The molecule has 0 saturated carbocycles. The molecule has 51 valence electrons. The number of nitrogens with two attached hydrogens (primary N) is 2. The van der Waals surface area contributed by atoms with Gasteiger partial charge in [-0.3, -0.25) is 0 Å². The van der Waals surface area contributed by atoms with E-state index in [2.05, 4.69) is 3.32 Å². The zero-order valence-corrected chi connectivity index (χ0v) is 5.89. The number of aliphatic carboxylic acids is 1. The Morgan fingerprint density at radius 3 is 2.00 bits per heavy atom. The van der Waals surface area contributed by atoms with Gasteiger partial charge in [0.25, 0.3) is 0 Å². The van der Waals surface area contributed by atoms with Crippen molar-refractivity contribution >= 4 is 11.9 Å². The first-order valence-corrected chi connectivity index (χ1v) is 4.31. The van der Waals surface area contributed by atoms with Crippen molar-refractivity contribution in [1.29, 1.82) is 0 Å². The SMILES string of the molecule is [NH2][Ti]([NH2])[O]C(=O)C(=O)O. The van der Waals surface area contributed by atoms with Crippen LogP contribution < -0.4 is 8.43 Å². The van der Waals surface area contributed by atoms with Gasteiger partial charge in [-0.1, -0.05) is 0 Å². The third-order valence-corrected chi connectivity index (χ3v) is 1.04. The van der Waals surface area contributed by atoms with Crippen molar-refractivity contribution in [2.24, 2.45) is 8.43 Å². The first-order valence-electron chi connectivity index (χ1n) is 1.87. The summed E-state index contributed by atoms with van der Waals surface area (Å²) >= 11 is -2.74. The second-order valence-electron chi connectivity index (χ2n) is 1.10. The van der Waals surface area contributed by atoms with Crippen molar-refractivity contribution in [2.75, 3.05) is 0 Å². The van der Waals surface area contributed by atoms with E-state index >= 15 is 0 Å². The van der Waals surface area contributed by atoms with Crippen molar-refractivity contribution in [3.8, 4) is 0 Å². The Kier molecular flexibility index (Phi) is 3.40. The molecular formula is C2H5N2O4Ti. The quantitative estimate of drug-likeness (QED) is 0.305. The Hall–Kier alpha value is -0.426. The van der Waals surface area contributed by atoms with Gasteiger partial charge in [-0.15, -0.1) is 0 Å². The molecule has 0 bridgehead atoms. The average molecular weight is 169 g/mol. The Balaban J connectivity index is 3.65. The standard InChI is InChI=1S/C2H2O4.2H2N.Ti/c3-1(4)2(5)6;;;/h(H,3,4)(H,5,6);2*1H2;/q;2*-1;+3/p-1. The molecule has 0 aliphatic carbocycles. The molecule has 0 aromatic rings. The maximum atomic E-state index is 10.0. The Bertz CT molecular complexity index is 135. The van der Waals surface area contributed by atoms with Gasteiger partial charge in [-0.25, -0.2) is 0 Å². The molecule has 6 nitrogen and oxygen atoms in total. The molecule has 0 atom stereocenters. The molecule has 7 heteroatoms. The Labute approximate surface area is 57.7 Å². The van der Waals surface area contributed by atoms with Crippen LogP contribution in [-0.2, 0) is 31.7 Å². The van der Waals surface area contributed by atoms with Crippen molar-refractivity contribution in [2.45, 2.75) is 0 Å². The van der Waals surface area contributed by atoms with Crippen molar-refractivity contribution < 1.29 is 36.8 Å². The van der Waals surface area contributed by atoms with Crippen molar-refractivity contribution in [3.63, 3.8) is 0 Å². The number of carbonyl (C=O) groups is 2. The molecule has 0 unspecified atom stereocenters. The summed E-state index contributed by atoms with van der Waals surface area (Å²) in [5.74, 6) is -3.05. The first-order chi connectivity index (χ1) is 4.04. The molecule has 0 spiro atoms. The molecule has 0 fully saturated rings. The second-order valence-corrected chi connectivity index (χ2v) is 2.67. The van der Waals surface area contributed by atoms with E-state index in [9.17, 15) is 9.59 Å². The molecule has 9 heavy (non-hydrogen) atoms. The number of carboxylic acid groups (broad SMARTS) is 1. The van der Waals surface area contributed by atoms with Crippen LogP contribution in [0.1, 0.15) is 0 Å². The molecule has 0 aromatic heterocycles. The van der Waals surface area contributed by atoms with Gasteiger partial charge in [0.05, 0.1) is 0 Å². The molecule has 0 rings (SSSR count). The van der Waals surface area contributed by atoms with E-state index in [1.165, 1.54) is 0 Å². The molecule has 0 aromatic carbocycles. The van der Waals surface area contributed by atoms with E-state index in [4.69, 9.17) is 13.5 Å². The van der Waals surface area contributed by atoms with E-state index in [0.717, 1.165) is 0 Å². The second kappa shape index (κ2) is 3.57. The summed E-state index contributed by atoms with van der Waals surface area (Å²) in [5.41, 5.74) is 0. The minimum atomic E-state index is -2.74. The number of rotatable bonds is 1. The zero-order valence-electron chi connectivity index (χ0n) is 4.33. The molecule has 0 amide bonds. The van der Waals surface area contributed by atoms with Crippen molar-refractivity contribution in [1.82, 2.24) is 0 Å². The van der Waals surface area contributed by atoms with Gasteiger partial charge in [0, 0.05) is 0 Å². The maximum absolute atomic E-state index is 10.0. The monoisotopic (exact) mass is 169 g/mol. The Morgan fingerprint density at radius 2 is 1.89 bits per heavy atom. The topological polar surface area (TPSA) is 116 Å². The van der Waals surface area contributed by atoms with Crippen LogP contribution in [0.15, 0.2) is 0 Å². The third kappa shape index (κ3) is 4.10. The van der Waals surface area contributed by atoms with Gasteiger partial charge in [-0.2, -0.15) is 0 Å². The molecule has 0 aliphatic rings. The van der Waals surface area contributed by atoms with Crippen LogP contribution in [0.25, 0.3) is 0 Å². The fourth-order valence-corrected chi connectivity index (χ4v) is 0.621. The zero-order chi connectivity index (χ0) is 7.44. The van der Waals surface area contributed by atoms with Crippen LogP contribution in [-0.4, -0.2) is 17.0 Å². The normalized spacial score (nSPS) is 8.22. The van der Waals surface area contributed by atoms with Crippen molar-refractivity contribution in [3.05, 3.63) is 0 Å². The number of hydrogen-bond acceptors (Lipinski definition) is 5. The summed E-state index contributed by atoms with van der Waals surface area (Å²) in [4.78, 5) is 19.7. The number of carbonyl (C=O) groups excluding carboxylic acids is 1. The molecular weight excluding hydrogens is 164 g/mol. The van der Waals surface area contributed by atoms with Crippen LogP contribution in [0.5, 0.6) is 0 Å². The summed E-state index contributed by atoms with van der Waals surface area (Å²) in [6.45, 7) is 0. The van der Waals surface area contributed by atoms with Crippen LogP contribution in [0.2, 0.25) is 0 Å². The van der Waals surface area contributed by atoms with E-state index in [1.54, 1.807) is 0 Å². The molecule has 0 heterocycles. The molecule has 5 N–H and O–H groups in total. The van der Waals surface area contributed by atoms with E-state index in [-0.39, 0.29) is 0 Å². The van der Waals surface area contributed by atoms with E-state index in [0.29, 0.717) is 0 Å². The number of carboxylic acids is 1. The van der Waals surface area contributed by atoms with E-state index < -0.39 is 30.7 Å². The van der Waals surface area contributed by atoms with E-state index in [1.807, 2.05) is 0 Å². The van der Waals surface area contributed by atoms with Gasteiger partial charge in [-0.05, 0) is 0 Å².